The van der Waals surface area contributed by atoms with Gasteiger partial charge in [-0.05, 0) is 12.8 Å². The molecule has 112 valence electrons. The number of nitrogens with two attached hydrogens (primary N) is 1. The van der Waals surface area contributed by atoms with Crippen molar-refractivity contribution in [2.75, 3.05) is 11.9 Å². The summed E-state index contributed by atoms with van der Waals surface area (Å²) in [5.41, 5.74) is 5.88. The van der Waals surface area contributed by atoms with Crippen LogP contribution in [0.5, 0.6) is 0 Å². The number of nitrogens with one attached hydrogen (secondary N) is 2. The number of hydrogen-bond acceptors (Lipinski definition) is 4. The van der Waals surface area contributed by atoms with E-state index in [4.69, 9.17) is 10.5 Å². The Bertz CT molecular complexity index is 491. The summed E-state index contributed by atoms with van der Waals surface area (Å²) < 4.78 is 5.79. The molecule has 2 aliphatic rings. The van der Waals surface area contributed by atoms with Crippen molar-refractivity contribution >= 4 is 24.0 Å². The third-order valence-corrected chi connectivity index (χ3v) is 4.82. The second-order valence-corrected chi connectivity index (χ2v) is 6.07. The maximum absolute atomic E-state index is 12.6. The number of fused-ring (bicyclic) bond motifs is 1. The van der Waals surface area contributed by atoms with Crippen molar-refractivity contribution in [2.24, 2.45) is 17.1 Å². The van der Waals surface area contributed by atoms with Crippen molar-refractivity contribution in [1.82, 2.24) is 10.2 Å². The standard InChI is InChI=1S/C13H20N4O2.ClH/c1-12(2)10-9(4-3-5-19-10)13(12,14)11(18)17-8-6-15-16-7-8;/h6-7,9-10H,3-5,14H2,1-2H3,(H,15,16)(H,17,18);1H. The van der Waals surface area contributed by atoms with Crippen molar-refractivity contribution < 1.29 is 9.53 Å². The lowest BCUT2D eigenvalue weighted by atomic mass is 9.46. The molecule has 3 atom stereocenters. The molecule has 1 saturated carbocycles. The van der Waals surface area contributed by atoms with Crippen LogP contribution in [0.3, 0.4) is 0 Å². The lowest BCUT2D eigenvalue weighted by Crippen LogP contribution is -2.81. The first kappa shape index (κ1) is 15.3. The Kier molecular flexibility index (Phi) is 3.83. The zero-order chi connectivity index (χ0) is 13.7. The van der Waals surface area contributed by atoms with E-state index in [0.717, 1.165) is 19.4 Å². The summed E-state index contributed by atoms with van der Waals surface area (Å²) in [4.78, 5) is 12.6. The van der Waals surface area contributed by atoms with Gasteiger partial charge in [0.05, 0.1) is 18.0 Å². The number of carbonyl (C=O) groups is 1. The third-order valence-electron chi connectivity index (χ3n) is 4.82. The fourth-order valence-corrected chi connectivity index (χ4v) is 3.59. The number of ether oxygens (including phenoxy) is 1. The average molecular weight is 301 g/mol. The molecule has 4 N–H and O–H groups in total. The normalized spacial score (nSPS) is 34.4. The topological polar surface area (TPSA) is 93.0 Å². The summed E-state index contributed by atoms with van der Waals surface area (Å²) in [6.07, 6.45) is 5.21. The van der Waals surface area contributed by atoms with Crippen molar-refractivity contribution in [1.29, 1.82) is 0 Å². The van der Waals surface area contributed by atoms with Gasteiger partial charge in [0.15, 0.2) is 0 Å². The smallest absolute Gasteiger partial charge is 0.245 e. The number of H-pyrrole nitrogens is 1. The Morgan fingerprint density at radius 3 is 3.00 bits per heavy atom. The first-order valence-electron chi connectivity index (χ1n) is 6.68. The lowest BCUT2D eigenvalue weighted by molar-refractivity contribution is -0.222. The first-order chi connectivity index (χ1) is 8.98. The van der Waals surface area contributed by atoms with Crippen LogP contribution in [-0.2, 0) is 9.53 Å². The summed E-state index contributed by atoms with van der Waals surface area (Å²) in [5, 5.41) is 9.32. The predicted molar refractivity (Wildman–Crippen MR) is 77.6 cm³/mol. The van der Waals surface area contributed by atoms with Crippen LogP contribution in [-0.4, -0.2) is 34.4 Å². The quantitative estimate of drug-likeness (QED) is 0.767. The van der Waals surface area contributed by atoms with E-state index in [0.29, 0.717) is 5.69 Å². The highest BCUT2D eigenvalue weighted by molar-refractivity contribution is 6.00. The molecule has 2 fully saturated rings. The van der Waals surface area contributed by atoms with E-state index in [2.05, 4.69) is 15.5 Å². The number of anilines is 1. The molecule has 7 heteroatoms. The Labute approximate surface area is 124 Å². The molecule has 0 aromatic carbocycles. The molecule has 20 heavy (non-hydrogen) atoms. The molecule has 0 radical (unpaired) electrons. The van der Waals surface area contributed by atoms with Crippen LogP contribution in [0.1, 0.15) is 26.7 Å². The van der Waals surface area contributed by atoms with Crippen LogP contribution >= 0.6 is 12.4 Å². The Morgan fingerprint density at radius 1 is 1.60 bits per heavy atom. The van der Waals surface area contributed by atoms with Crippen molar-refractivity contribution in [2.45, 2.75) is 38.3 Å². The second kappa shape index (κ2) is 5.02. The number of aromatic nitrogens is 2. The number of rotatable bonds is 2. The number of carbonyl (C=O) groups excluding carboxylic acids is 1. The molecule has 1 aromatic heterocycles. The molecule has 1 aromatic rings. The van der Waals surface area contributed by atoms with Crippen LogP contribution < -0.4 is 11.1 Å². The molecule has 6 nitrogen and oxygen atoms in total. The minimum atomic E-state index is -0.880. The molecule has 1 saturated heterocycles. The zero-order valence-corrected chi connectivity index (χ0v) is 12.5. The van der Waals surface area contributed by atoms with Crippen molar-refractivity contribution in [3.05, 3.63) is 12.4 Å². The van der Waals surface area contributed by atoms with Crippen LogP contribution in [0.4, 0.5) is 5.69 Å². The van der Waals surface area contributed by atoms with Gasteiger partial charge in [-0.25, -0.2) is 0 Å². The van der Waals surface area contributed by atoms with Crippen molar-refractivity contribution in [3.8, 4) is 0 Å². The Balaban J connectivity index is 0.00000147. The Hall–Kier alpha value is -1.11. The molecule has 0 bridgehead atoms. The summed E-state index contributed by atoms with van der Waals surface area (Å²) in [6.45, 7) is 4.78. The van der Waals surface area contributed by atoms with Crippen molar-refractivity contribution in [3.63, 3.8) is 0 Å². The largest absolute Gasteiger partial charge is 0.377 e. The van der Waals surface area contributed by atoms with Gasteiger partial charge in [-0.15, -0.1) is 12.4 Å². The van der Waals surface area contributed by atoms with E-state index in [-0.39, 0.29) is 35.8 Å². The van der Waals surface area contributed by atoms with Gasteiger partial charge in [0.25, 0.3) is 0 Å². The van der Waals surface area contributed by atoms with Crippen LogP contribution in [0.15, 0.2) is 12.4 Å². The molecule has 1 aliphatic carbocycles. The average Bonchev–Trinajstić information content (AvgIpc) is 2.90. The third kappa shape index (κ3) is 1.86. The van der Waals surface area contributed by atoms with Gasteiger partial charge in [0, 0.05) is 24.1 Å². The van der Waals surface area contributed by atoms with E-state index in [1.807, 2.05) is 13.8 Å². The molecule has 3 rings (SSSR count). The fourth-order valence-electron chi connectivity index (χ4n) is 3.59. The number of halogens is 1. The molecule has 1 amide bonds. The molecule has 2 heterocycles. The SMILES string of the molecule is CC1(C)C2OCCCC2C1(N)C(=O)Nc1cn[nH]c1.Cl. The molecular weight excluding hydrogens is 280 g/mol. The summed E-state index contributed by atoms with van der Waals surface area (Å²) in [5.74, 6) is -0.0474. The molecule has 1 aliphatic heterocycles. The van der Waals surface area contributed by atoms with E-state index >= 15 is 0 Å². The summed E-state index contributed by atoms with van der Waals surface area (Å²) >= 11 is 0. The van der Waals surface area contributed by atoms with Gasteiger partial charge in [0.1, 0.15) is 5.54 Å². The lowest BCUT2D eigenvalue weighted by Gasteiger charge is -2.65. The van der Waals surface area contributed by atoms with Crippen LogP contribution in [0.25, 0.3) is 0 Å². The predicted octanol–water partition coefficient (Wildman–Crippen LogP) is 1.30. The Morgan fingerprint density at radius 2 is 2.35 bits per heavy atom. The fraction of sp³-hybridized carbons (Fsp3) is 0.692. The van der Waals surface area contributed by atoms with Gasteiger partial charge in [-0.1, -0.05) is 13.8 Å². The maximum atomic E-state index is 12.6. The number of amides is 1. The van der Waals surface area contributed by atoms with Gasteiger partial charge < -0.3 is 15.8 Å². The van der Waals surface area contributed by atoms with Crippen LogP contribution in [0, 0.1) is 11.3 Å². The number of nitrogens with zero attached hydrogens (tertiary/aromatic N) is 1. The van der Waals surface area contributed by atoms with Crippen LogP contribution in [0.2, 0.25) is 0 Å². The monoisotopic (exact) mass is 300 g/mol. The highest BCUT2D eigenvalue weighted by atomic mass is 35.5. The minimum Gasteiger partial charge on any atom is -0.377 e. The minimum absolute atomic E-state index is 0. The number of hydrogen-bond donors (Lipinski definition) is 3. The highest BCUT2D eigenvalue weighted by Crippen LogP contribution is 2.57. The maximum Gasteiger partial charge on any atom is 0.245 e. The number of aromatic amines is 1. The van der Waals surface area contributed by atoms with E-state index in [1.54, 1.807) is 12.4 Å². The van der Waals surface area contributed by atoms with Gasteiger partial charge >= 0.3 is 0 Å². The van der Waals surface area contributed by atoms with Gasteiger partial charge in [0.2, 0.25) is 5.91 Å². The van der Waals surface area contributed by atoms with E-state index in [9.17, 15) is 4.79 Å². The highest BCUT2D eigenvalue weighted by Gasteiger charge is 2.70. The molecule has 0 spiro atoms. The van der Waals surface area contributed by atoms with E-state index in [1.165, 1.54) is 0 Å². The summed E-state index contributed by atoms with van der Waals surface area (Å²) in [6, 6.07) is 0. The van der Waals surface area contributed by atoms with Gasteiger partial charge in [-0.3, -0.25) is 9.89 Å². The molecule has 3 unspecified atom stereocenters. The van der Waals surface area contributed by atoms with E-state index < -0.39 is 5.54 Å². The summed E-state index contributed by atoms with van der Waals surface area (Å²) in [7, 11) is 0. The second-order valence-electron chi connectivity index (χ2n) is 6.07. The zero-order valence-electron chi connectivity index (χ0n) is 11.7. The molecular formula is C13H21ClN4O2. The van der Waals surface area contributed by atoms with Gasteiger partial charge in [-0.2, -0.15) is 5.10 Å². The first-order valence-corrected chi connectivity index (χ1v) is 6.68.